The minimum atomic E-state index is 0.192. The molecule has 0 amide bonds. The van der Waals surface area contributed by atoms with E-state index in [0.29, 0.717) is 12.3 Å². The van der Waals surface area contributed by atoms with Gasteiger partial charge in [0.2, 0.25) is 0 Å². The summed E-state index contributed by atoms with van der Waals surface area (Å²) in [6, 6.07) is 8.00. The van der Waals surface area contributed by atoms with E-state index in [9.17, 15) is 4.79 Å². The lowest BCUT2D eigenvalue weighted by molar-refractivity contribution is -0.116. The number of carbonyl (C=O) groups excluding carboxylic acids is 1. The van der Waals surface area contributed by atoms with E-state index >= 15 is 0 Å². The van der Waals surface area contributed by atoms with Crippen LogP contribution in [0.5, 0.6) is 0 Å². The van der Waals surface area contributed by atoms with Crippen molar-refractivity contribution in [3.8, 4) is 0 Å². The first-order valence-corrected chi connectivity index (χ1v) is 5.56. The third-order valence-corrected chi connectivity index (χ3v) is 2.21. The average molecular weight is 223 g/mol. The van der Waals surface area contributed by atoms with Gasteiger partial charge in [0.15, 0.2) is 0 Å². The number of rotatable bonds is 5. The van der Waals surface area contributed by atoms with Crippen molar-refractivity contribution in [1.82, 2.24) is 0 Å². The summed E-state index contributed by atoms with van der Waals surface area (Å²) >= 11 is 5.57. The Labute approximate surface area is 95.8 Å². The topological polar surface area (TPSA) is 17.1 Å². The van der Waals surface area contributed by atoms with Gasteiger partial charge in [0.05, 0.1) is 0 Å². The molecule has 0 aliphatic carbocycles. The van der Waals surface area contributed by atoms with Crippen molar-refractivity contribution in [1.29, 1.82) is 0 Å². The number of allylic oxidation sites excluding steroid dienone is 1. The lowest BCUT2D eigenvalue weighted by Gasteiger charge is -1.99. The van der Waals surface area contributed by atoms with Crippen LogP contribution in [0.2, 0.25) is 0 Å². The van der Waals surface area contributed by atoms with Gasteiger partial charge in [-0.2, -0.15) is 0 Å². The van der Waals surface area contributed by atoms with Crippen LogP contribution >= 0.6 is 11.6 Å². The van der Waals surface area contributed by atoms with Gasteiger partial charge < -0.3 is 0 Å². The maximum atomic E-state index is 10.9. The molecule has 0 heterocycles. The van der Waals surface area contributed by atoms with Gasteiger partial charge in [-0.15, -0.1) is 11.6 Å². The van der Waals surface area contributed by atoms with Crippen molar-refractivity contribution in [3.63, 3.8) is 0 Å². The summed E-state index contributed by atoms with van der Waals surface area (Å²) in [6.45, 7) is 1.61. The molecule has 0 aromatic heterocycles. The molecule has 0 radical (unpaired) electrons. The SMILES string of the molecule is CC(=O)Cc1cccc(C=CCCCl)c1. The number of hydrogen-bond acceptors (Lipinski definition) is 1. The van der Waals surface area contributed by atoms with Crippen LogP contribution < -0.4 is 0 Å². The normalized spacial score (nSPS) is 10.8. The predicted molar refractivity (Wildman–Crippen MR) is 65.2 cm³/mol. The van der Waals surface area contributed by atoms with Crippen LogP contribution in [-0.2, 0) is 11.2 Å². The Kier molecular flexibility index (Phi) is 5.13. The number of Topliss-reactive ketones (excluding diaryl/α,β-unsaturated/α-hetero) is 1. The van der Waals surface area contributed by atoms with Crippen molar-refractivity contribution < 1.29 is 4.79 Å². The predicted octanol–water partition coefficient (Wildman–Crippen LogP) is 3.46. The van der Waals surface area contributed by atoms with E-state index in [0.717, 1.165) is 17.5 Å². The van der Waals surface area contributed by atoms with E-state index in [1.807, 2.05) is 36.4 Å². The van der Waals surface area contributed by atoms with E-state index in [-0.39, 0.29) is 5.78 Å². The second kappa shape index (κ2) is 6.41. The van der Waals surface area contributed by atoms with Crippen molar-refractivity contribution in [2.45, 2.75) is 19.8 Å². The van der Waals surface area contributed by atoms with Crippen LogP contribution in [-0.4, -0.2) is 11.7 Å². The average Bonchev–Trinajstić information content (AvgIpc) is 2.18. The number of benzene rings is 1. The fraction of sp³-hybridized carbons (Fsp3) is 0.308. The first-order chi connectivity index (χ1) is 7.22. The van der Waals surface area contributed by atoms with Crippen molar-refractivity contribution >= 4 is 23.5 Å². The van der Waals surface area contributed by atoms with E-state index in [1.165, 1.54) is 0 Å². The molecular formula is C13H15ClO. The van der Waals surface area contributed by atoms with Gasteiger partial charge in [-0.25, -0.2) is 0 Å². The lowest BCUT2D eigenvalue weighted by atomic mass is 10.1. The van der Waals surface area contributed by atoms with Gasteiger partial charge in [0.25, 0.3) is 0 Å². The molecule has 1 nitrogen and oxygen atoms in total. The number of alkyl halides is 1. The first kappa shape index (κ1) is 12.0. The highest BCUT2D eigenvalue weighted by Gasteiger charge is 1.97. The molecule has 0 saturated heterocycles. The number of hydrogen-bond donors (Lipinski definition) is 0. The quantitative estimate of drug-likeness (QED) is 0.698. The van der Waals surface area contributed by atoms with E-state index in [2.05, 4.69) is 0 Å². The molecule has 1 rings (SSSR count). The monoisotopic (exact) mass is 222 g/mol. The molecule has 0 spiro atoms. The molecular weight excluding hydrogens is 208 g/mol. The zero-order valence-electron chi connectivity index (χ0n) is 8.87. The van der Waals surface area contributed by atoms with Gasteiger partial charge in [0, 0.05) is 12.3 Å². The van der Waals surface area contributed by atoms with Gasteiger partial charge in [-0.05, 0) is 24.5 Å². The molecule has 1 aromatic rings. The third kappa shape index (κ3) is 4.80. The van der Waals surface area contributed by atoms with Gasteiger partial charge in [-0.1, -0.05) is 36.4 Å². The summed E-state index contributed by atoms with van der Waals surface area (Å²) in [6.07, 6.45) is 5.46. The first-order valence-electron chi connectivity index (χ1n) is 5.03. The fourth-order valence-corrected chi connectivity index (χ4v) is 1.50. The summed E-state index contributed by atoms with van der Waals surface area (Å²) in [5, 5.41) is 0. The van der Waals surface area contributed by atoms with Gasteiger partial charge in [0.1, 0.15) is 5.78 Å². The van der Waals surface area contributed by atoms with Crippen LogP contribution in [0.25, 0.3) is 6.08 Å². The zero-order valence-corrected chi connectivity index (χ0v) is 9.63. The summed E-state index contributed by atoms with van der Waals surface area (Å²) in [7, 11) is 0. The summed E-state index contributed by atoms with van der Waals surface area (Å²) in [4.78, 5) is 10.9. The Bertz CT molecular complexity index is 355. The standard InChI is InChI=1S/C13H15ClO/c1-11(15)9-13-7-4-6-12(10-13)5-2-3-8-14/h2,4-7,10H,3,8-9H2,1H3. The zero-order chi connectivity index (χ0) is 11.1. The summed E-state index contributed by atoms with van der Waals surface area (Å²) in [5.74, 6) is 0.834. The smallest absolute Gasteiger partial charge is 0.134 e. The Balaban J connectivity index is 2.69. The molecule has 80 valence electrons. The summed E-state index contributed by atoms with van der Waals surface area (Å²) in [5.41, 5.74) is 2.19. The number of ketones is 1. The molecule has 0 saturated carbocycles. The Morgan fingerprint density at radius 1 is 1.47 bits per heavy atom. The molecule has 0 fully saturated rings. The lowest BCUT2D eigenvalue weighted by Crippen LogP contribution is -1.95. The molecule has 0 unspecified atom stereocenters. The molecule has 2 heteroatoms. The van der Waals surface area contributed by atoms with Gasteiger partial charge >= 0.3 is 0 Å². The highest BCUT2D eigenvalue weighted by atomic mass is 35.5. The Morgan fingerprint density at radius 2 is 2.27 bits per heavy atom. The van der Waals surface area contributed by atoms with E-state index in [4.69, 9.17) is 11.6 Å². The van der Waals surface area contributed by atoms with Crippen LogP contribution in [0, 0.1) is 0 Å². The van der Waals surface area contributed by atoms with Crippen LogP contribution in [0.1, 0.15) is 24.5 Å². The second-order valence-corrected chi connectivity index (χ2v) is 3.88. The second-order valence-electron chi connectivity index (χ2n) is 3.50. The molecule has 0 bridgehead atoms. The highest BCUT2D eigenvalue weighted by Crippen LogP contribution is 2.08. The van der Waals surface area contributed by atoms with E-state index in [1.54, 1.807) is 6.92 Å². The van der Waals surface area contributed by atoms with Gasteiger partial charge in [-0.3, -0.25) is 4.79 Å². The maximum Gasteiger partial charge on any atom is 0.134 e. The largest absolute Gasteiger partial charge is 0.300 e. The Morgan fingerprint density at radius 3 is 2.93 bits per heavy atom. The molecule has 0 aliphatic heterocycles. The molecule has 0 N–H and O–H groups in total. The van der Waals surface area contributed by atoms with Crippen LogP contribution in [0.15, 0.2) is 30.3 Å². The highest BCUT2D eigenvalue weighted by molar-refractivity contribution is 6.17. The van der Waals surface area contributed by atoms with Crippen molar-refractivity contribution in [2.24, 2.45) is 0 Å². The van der Waals surface area contributed by atoms with Crippen molar-refractivity contribution in [3.05, 3.63) is 41.5 Å². The number of carbonyl (C=O) groups is 1. The molecule has 1 aromatic carbocycles. The van der Waals surface area contributed by atoms with Crippen LogP contribution in [0.3, 0.4) is 0 Å². The minimum Gasteiger partial charge on any atom is -0.300 e. The third-order valence-electron chi connectivity index (χ3n) is 1.99. The van der Waals surface area contributed by atoms with Crippen LogP contribution in [0.4, 0.5) is 0 Å². The molecule has 15 heavy (non-hydrogen) atoms. The minimum absolute atomic E-state index is 0.192. The van der Waals surface area contributed by atoms with E-state index < -0.39 is 0 Å². The maximum absolute atomic E-state index is 10.9. The Hall–Kier alpha value is -1.08. The van der Waals surface area contributed by atoms with Crippen molar-refractivity contribution in [2.75, 3.05) is 5.88 Å². The molecule has 0 atom stereocenters. The molecule has 0 aliphatic rings. The fourth-order valence-electron chi connectivity index (χ4n) is 1.38. The number of halogens is 1. The summed E-state index contributed by atoms with van der Waals surface area (Å²) < 4.78 is 0.